The van der Waals surface area contributed by atoms with Gasteiger partial charge in [-0.15, -0.1) is 0 Å². The van der Waals surface area contributed by atoms with Crippen molar-refractivity contribution in [3.05, 3.63) is 58.7 Å². The van der Waals surface area contributed by atoms with Crippen molar-refractivity contribution in [1.82, 2.24) is 0 Å². The van der Waals surface area contributed by atoms with Crippen molar-refractivity contribution in [2.45, 2.75) is 46.4 Å². The molecule has 0 radical (unpaired) electrons. The van der Waals surface area contributed by atoms with Gasteiger partial charge >= 0.3 is 6.18 Å². The lowest BCUT2D eigenvalue weighted by atomic mass is 10.1. The molecule has 3 nitrogen and oxygen atoms in total. The molecule has 0 saturated carbocycles. The topological polar surface area (TPSA) is 38.3 Å². The SMILES string of the molecule is CCC(=O)Nc1cccc(C)c1COc1ccc(CC)cc1C(F)(F)F. The van der Waals surface area contributed by atoms with Crippen molar-refractivity contribution in [3.8, 4) is 5.75 Å². The van der Waals surface area contributed by atoms with E-state index in [4.69, 9.17) is 4.74 Å². The molecule has 0 atom stereocenters. The lowest BCUT2D eigenvalue weighted by Crippen LogP contribution is -2.14. The average molecular weight is 365 g/mol. The van der Waals surface area contributed by atoms with E-state index in [0.717, 1.165) is 11.6 Å². The van der Waals surface area contributed by atoms with Gasteiger partial charge in [0, 0.05) is 17.7 Å². The fraction of sp³-hybridized carbons (Fsp3) is 0.350. The van der Waals surface area contributed by atoms with Crippen molar-refractivity contribution in [3.63, 3.8) is 0 Å². The summed E-state index contributed by atoms with van der Waals surface area (Å²) in [6.45, 7) is 5.28. The van der Waals surface area contributed by atoms with Crippen molar-refractivity contribution in [1.29, 1.82) is 0 Å². The van der Waals surface area contributed by atoms with Gasteiger partial charge in [0.1, 0.15) is 12.4 Å². The summed E-state index contributed by atoms with van der Waals surface area (Å²) in [5.41, 5.74) is 1.84. The van der Waals surface area contributed by atoms with Gasteiger partial charge in [-0.3, -0.25) is 4.79 Å². The molecule has 0 aromatic heterocycles. The predicted octanol–water partition coefficient (Wildman–Crippen LogP) is 5.50. The molecule has 2 rings (SSSR count). The van der Waals surface area contributed by atoms with Crippen LogP contribution in [-0.2, 0) is 24.0 Å². The Balaban J connectivity index is 2.31. The van der Waals surface area contributed by atoms with Gasteiger partial charge in [0.2, 0.25) is 5.91 Å². The van der Waals surface area contributed by atoms with Gasteiger partial charge in [-0.25, -0.2) is 0 Å². The molecule has 0 heterocycles. The monoisotopic (exact) mass is 365 g/mol. The number of nitrogens with one attached hydrogen (secondary N) is 1. The summed E-state index contributed by atoms with van der Waals surface area (Å²) in [7, 11) is 0. The first-order valence-corrected chi connectivity index (χ1v) is 8.47. The maximum Gasteiger partial charge on any atom is 0.419 e. The Labute approximate surface area is 151 Å². The van der Waals surface area contributed by atoms with Crippen molar-refractivity contribution in [2.75, 3.05) is 5.32 Å². The average Bonchev–Trinajstić information content (AvgIpc) is 2.60. The number of hydrogen-bond acceptors (Lipinski definition) is 2. The Morgan fingerprint density at radius 1 is 1.15 bits per heavy atom. The van der Waals surface area contributed by atoms with E-state index in [1.165, 1.54) is 6.07 Å². The third kappa shape index (κ3) is 4.77. The Morgan fingerprint density at radius 2 is 1.88 bits per heavy atom. The minimum atomic E-state index is -4.49. The molecule has 0 aliphatic rings. The molecule has 0 saturated heterocycles. The number of carbonyl (C=O) groups is 1. The number of hydrogen-bond donors (Lipinski definition) is 1. The maximum absolute atomic E-state index is 13.3. The summed E-state index contributed by atoms with van der Waals surface area (Å²) in [4.78, 5) is 11.7. The van der Waals surface area contributed by atoms with Crippen LogP contribution in [0, 0.1) is 6.92 Å². The normalized spacial score (nSPS) is 11.3. The summed E-state index contributed by atoms with van der Waals surface area (Å²) in [6, 6.07) is 9.41. The Bertz CT molecular complexity index is 785. The van der Waals surface area contributed by atoms with Crippen molar-refractivity contribution in [2.24, 2.45) is 0 Å². The second-order valence-corrected chi connectivity index (χ2v) is 5.97. The molecule has 2 aromatic rings. The number of rotatable bonds is 6. The zero-order valence-corrected chi connectivity index (χ0v) is 15.0. The van der Waals surface area contributed by atoms with Gasteiger partial charge in [-0.1, -0.05) is 32.0 Å². The highest BCUT2D eigenvalue weighted by Gasteiger charge is 2.34. The fourth-order valence-electron chi connectivity index (χ4n) is 2.54. The van der Waals surface area contributed by atoms with Gasteiger partial charge in [0.15, 0.2) is 0 Å². The van der Waals surface area contributed by atoms with Crippen molar-refractivity contribution >= 4 is 11.6 Å². The molecule has 26 heavy (non-hydrogen) atoms. The van der Waals surface area contributed by atoms with Gasteiger partial charge in [-0.2, -0.15) is 13.2 Å². The molecule has 0 fully saturated rings. The number of halogens is 3. The Morgan fingerprint density at radius 3 is 2.50 bits per heavy atom. The minimum Gasteiger partial charge on any atom is -0.488 e. The van der Waals surface area contributed by atoms with E-state index in [1.54, 1.807) is 32.0 Å². The number of alkyl halides is 3. The number of anilines is 1. The van der Waals surface area contributed by atoms with Gasteiger partial charge in [0.25, 0.3) is 0 Å². The molecular weight excluding hydrogens is 343 g/mol. The molecule has 1 N–H and O–H groups in total. The summed E-state index contributed by atoms with van der Waals surface area (Å²) in [5, 5.41) is 2.76. The second kappa shape index (κ2) is 8.25. The first kappa shape index (κ1) is 19.8. The smallest absolute Gasteiger partial charge is 0.419 e. The van der Waals surface area contributed by atoms with E-state index >= 15 is 0 Å². The molecule has 0 aliphatic heterocycles. The van der Waals surface area contributed by atoms with Crippen molar-refractivity contribution < 1.29 is 22.7 Å². The summed E-state index contributed by atoms with van der Waals surface area (Å²) in [5.74, 6) is -0.383. The van der Waals surface area contributed by atoms with E-state index in [-0.39, 0.29) is 18.3 Å². The number of amides is 1. The van der Waals surface area contributed by atoms with E-state index in [9.17, 15) is 18.0 Å². The van der Waals surface area contributed by atoms with Crippen LogP contribution in [0.5, 0.6) is 5.75 Å². The summed E-state index contributed by atoms with van der Waals surface area (Å²) >= 11 is 0. The quantitative estimate of drug-likeness (QED) is 0.734. The van der Waals surface area contributed by atoms with Crippen LogP contribution in [0.15, 0.2) is 36.4 Å². The fourth-order valence-corrected chi connectivity index (χ4v) is 2.54. The maximum atomic E-state index is 13.3. The molecule has 140 valence electrons. The van der Waals surface area contributed by atoms with Crippen LogP contribution in [0.3, 0.4) is 0 Å². The predicted molar refractivity (Wildman–Crippen MR) is 95.3 cm³/mol. The van der Waals surface area contributed by atoms with E-state index in [2.05, 4.69) is 5.32 Å². The van der Waals surface area contributed by atoms with Crippen LogP contribution in [0.25, 0.3) is 0 Å². The third-order valence-corrected chi connectivity index (χ3v) is 4.14. The molecular formula is C20H22F3NO2. The molecule has 0 bridgehead atoms. The highest BCUT2D eigenvalue weighted by atomic mass is 19.4. The van der Waals surface area contributed by atoms with Crippen LogP contribution >= 0.6 is 0 Å². The minimum absolute atomic E-state index is 0.0689. The zero-order valence-electron chi connectivity index (χ0n) is 15.0. The number of benzene rings is 2. The van der Waals surface area contributed by atoms with E-state index in [0.29, 0.717) is 29.7 Å². The largest absolute Gasteiger partial charge is 0.488 e. The molecule has 6 heteroatoms. The van der Waals surface area contributed by atoms with Gasteiger partial charge < -0.3 is 10.1 Å². The molecule has 1 amide bonds. The third-order valence-electron chi connectivity index (χ3n) is 4.14. The van der Waals surface area contributed by atoms with Crippen LogP contribution in [0.2, 0.25) is 0 Å². The Hall–Kier alpha value is -2.50. The highest BCUT2D eigenvalue weighted by molar-refractivity contribution is 5.91. The van der Waals surface area contributed by atoms with E-state index < -0.39 is 11.7 Å². The summed E-state index contributed by atoms with van der Waals surface area (Å²) < 4.78 is 45.5. The zero-order chi connectivity index (χ0) is 19.3. The van der Waals surface area contributed by atoms with Gasteiger partial charge in [0.05, 0.1) is 5.56 Å². The number of aryl methyl sites for hydroxylation is 2. The first-order chi connectivity index (χ1) is 12.3. The lowest BCUT2D eigenvalue weighted by Gasteiger charge is -2.18. The van der Waals surface area contributed by atoms with Crippen LogP contribution in [0.4, 0.5) is 18.9 Å². The molecule has 0 unspecified atom stereocenters. The van der Waals surface area contributed by atoms with Crippen LogP contribution in [-0.4, -0.2) is 5.91 Å². The highest BCUT2D eigenvalue weighted by Crippen LogP contribution is 2.37. The van der Waals surface area contributed by atoms with Crippen LogP contribution < -0.4 is 10.1 Å². The number of ether oxygens (including phenoxy) is 1. The summed E-state index contributed by atoms with van der Waals surface area (Å²) in [6.07, 6.45) is -3.68. The second-order valence-electron chi connectivity index (χ2n) is 5.97. The standard InChI is InChI=1S/C20H22F3NO2/c1-4-14-9-10-18(16(11-14)20(21,22)23)26-12-15-13(3)7-6-8-17(15)24-19(25)5-2/h6-11H,4-5,12H2,1-3H3,(H,24,25). The Kier molecular flexibility index (Phi) is 6.29. The number of carbonyl (C=O) groups excluding carboxylic acids is 1. The molecule has 0 spiro atoms. The van der Waals surface area contributed by atoms with Crippen LogP contribution in [0.1, 0.15) is 42.5 Å². The first-order valence-electron chi connectivity index (χ1n) is 8.47. The molecule has 2 aromatic carbocycles. The van der Waals surface area contributed by atoms with E-state index in [1.807, 2.05) is 13.0 Å². The lowest BCUT2D eigenvalue weighted by molar-refractivity contribution is -0.139. The van der Waals surface area contributed by atoms with Gasteiger partial charge in [-0.05, 0) is 42.7 Å². The molecule has 0 aliphatic carbocycles.